The number of aliphatic hydroxyl groups is 1. The lowest BCUT2D eigenvalue weighted by Gasteiger charge is -2.38. The van der Waals surface area contributed by atoms with Crippen molar-refractivity contribution in [3.63, 3.8) is 0 Å². The summed E-state index contributed by atoms with van der Waals surface area (Å²) in [5, 5.41) is 18.8. The Kier molecular flexibility index (Phi) is 5.46. The van der Waals surface area contributed by atoms with Crippen LogP contribution in [-0.2, 0) is 9.59 Å². The molecule has 3 atom stereocenters. The number of carboxylic acid groups (broad SMARTS) is 1. The molecule has 2 heterocycles. The van der Waals surface area contributed by atoms with Crippen molar-refractivity contribution in [2.24, 2.45) is 5.92 Å². The van der Waals surface area contributed by atoms with E-state index in [1.165, 1.54) is 0 Å². The highest BCUT2D eigenvalue weighted by Crippen LogP contribution is 2.17. The molecule has 130 valence electrons. The van der Waals surface area contributed by atoms with Gasteiger partial charge in [-0.25, -0.2) is 4.79 Å². The Hall–Kier alpha value is -1.83. The lowest BCUT2D eigenvalue weighted by molar-refractivity contribution is -0.142. The first-order valence-electron chi connectivity index (χ1n) is 8.03. The SMILES string of the molecule is CC1C(=O)N(CCC(=O)N2C[C@@H](C)C[C@H](O)C2)CCN1C(=O)O. The summed E-state index contributed by atoms with van der Waals surface area (Å²) in [6, 6.07) is -0.715. The first-order chi connectivity index (χ1) is 10.8. The molecule has 2 rings (SSSR count). The summed E-state index contributed by atoms with van der Waals surface area (Å²) in [7, 11) is 0. The lowest BCUT2D eigenvalue weighted by Crippen LogP contribution is -2.57. The Bertz CT molecular complexity index is 474. The van der Waals surface area contributed by atoms with Crippen LogP contribution >= 0.6 is 0 Å². The largest absolute Gasteiger partial charge is 0.465 e. The Labute approximate surface area is 135 Å². The summed E-state index contributed by atoms with van der Waals surface area (Å²) in [5.74, 6) is -0.0707. The maximum absolute atomic E-state index is 12.3. The molecule has 0 aliphatic carbocycles. The zero-order chi connectivity index (χ0) is 17.1. The van der Waals surface area contributed by atoms with Crippen LogP contribution in [-0.4, -0.2) is 87.7 Å². The predicted octanol–water partition coefficient (Wildman–Crippen LogP) is -0.183. The van der Waals surface area contributed by atoms with E-state index in [0.717, 1.165) is 4.90 Å². The fraction of sp³-hybridized carbons (Fsp3) is 0.800. The van der Waals surface area contributed by atoms with Crippen LogP contribution in [0.25, 0.3) is 0 Å². The number of hydrogen-bond donors (Lipinski definition) is 2. The first kappa shape index (κ1) is 17.5. The minimum Gasteiger partial charge on any atom is -0.465 e. The van der Waals surface area contributed by atoms with Crippen LogP contribution in [0.3, 0.4) is 0 Å². The molecule has 0 radical (unpaired) electrons. The smallest absolute Gasteiger partial charge is 0.408 e. The topological polar surface area (TPSA) is 101 Å². The molecular weight excluding hydrogens is 302 g/mol. The number of piperidine rings is 1. The second kappa shape index (κ2) is 7.16. The third-order valence-corrected chi connectivity index (χ3v) is 4.58. The van der Waals surface area contributed by atoms with Crippen molar-refractivity contribution in [2.75, 3.05) is 32.7 Å². The quantitative estimate of drug-likeness (QED) is 0.748. The summed E-state index contributed by atoms with van der Waals surface area (Å²) in [6.45, 7) is 5.40. The molecule has 2 N–H and O–H groups in total. The van der Waals surface area contributed by atoms with Gasteiger partial charge in [-0.05, 0) is 19.3 Å². The number of amides is 3. The minimum absolute atomic E-state index is 0.0725. The zero-order valence-corrected chi connectivity index (χ0v) is 13.6. The molecule has 0 aromatic rings. The van der Waals surface area contributed by atoms with Gasteiger partial charge in [-0.2, -0.15) is 0 Å². The van der Waals surface area contributed by atoms with Gasteiger partial charge in [0.2, 0.25) is 11.8 Å². The average Bonchev–Trinajstić information content (AvgIpc) is 2.47. The number of likely N-dealkylation sites (tertiary alicyclic amines) is 1. The normalized spacial score (nSPS) is 28.9. The van der Waals surface area contributed by atoms with Gasteiger partial charge < -0.3 is 20.0 Å². The molecule has 0 aromatic carbocycles. The fourth-order valence-corrected chi connectivity index (χ4v) is 3.32. The molecule has 2 aliphatic heterocycles. The molecule has 2 fully saturated rings. The molecule has 3 amide bonds. The van der Waals surface area contributed by atoms with E-state index in [2.05, 4.69) is 0 Å². The highest BCUT2D eigenvalue weighted by Gasteiger charge is 2.34. The third kappa shape index (κ3) is 4.13. The average molecular weight is 327 g/mol. The Morgan fingerprint density at radius 1 is 1.22 bits per heavy atom. The highest BCUT2D eigenvalue weighted by atomic mass is 16.4. The summed E-state index contributed by atoms with van der Waals surface area (Å²) < 4.78 is 0. The van der Waals surface area contributed by atoms with Gasteiger partial charge in [-0.15, -0.1) is 0 Å². The van der Waals surface area contributed by atoms with Gasteiger partial charge in [0.1, 0.15) is 6.04 Å². The number of β-amino-alcohol motifs (C(OH)–C–C–N with tert-alkyl or cyclic N) is 1. The second-order valence-electron chi connectivity index (χ2n) is 6.52. The van der Waals surface area contributed by atoms with Crippen LogP contribution in [0.2, 0.25) is 0 Å². The minimum atomic E-state index is -1.10. The third-order valence-electron chi connectivity index (χ3n) is 4.58. The number of carbonyl (C=O) groups excluding carboxylic acids is 2. The van der Waals surface area contributed by atoms with Gasteiger partial charge in [0.05, 0.1) is 6.10 Å². The predicted molar refractivity (Wildman–Crippen MR) is 81.8 cm³/mol. The molecule has 2 aliphatic rings. The van der Waals surface area contributed by atoms with Crippen molar-refractivity contribution in [2.45, 2.75) is 38.8 Å². The first-order valence-corrected chi connectivity index (χ1v) is 8.03. The van der Waals surface area contributed by atoms with Crippen molar-refractivity contribution in [1.29, 1.82) is 0 Å². The Morgan fingerprint density at radius 3 is 2.52 bits per heavy atom. The molecular formula is C15H25N3O5. The molecule has 0 aromatic heterocycles. The summed E-state index contributed by atoms with van der Waals surface area (Å²) in [6.07, 6.45) is -0.677. The van der Waals surface area contributed by atoms with Crippen LogP contribution in [0, 0.1) is 5.92 Å². The monoisotopic (exact) mass is 327 g/mol. The van der Waals surface area contributed by atoms with E-state index in [-0.39, 0.29) is 37.2 Å². The van der Waals surface area contributed by atoms with Crippen LogP contribution in [0.5, 0.6) is 0 Å². The van der Waals surface area contributed by atoms with E-state index in [9.17, 15) is 19.5 Å². The molecule has 8 nitrogen and oxygen atoms in total. The number of carbonyl (C=O) groups is 3. The molecule has 1 unspecified atom stereocenters. The standard InChI is InChI=1S/C15H25N3O5/c1-10-7-12(19)9-17(8-10)13(20)3-4-16-5-6-18(15(22)23)11(2)14(16)21/h10-12,19H,3-9H2,1-2H3,(H,22,23)/t10-,11?,12-/m0/s1. The van der Waals surface area contributed by atoms with Gasteiger partial charge >= 0.3 is 6.09 Å². The van der Waals surface area contributed by atoms with Gasteiger partial charge in [0, 0.05) is 39.1 Å². The van der Waals surface area contributed by atoms with Crippen LogP contribution < -0.4 is 0 Å². The molecule has 23 heavy (non-hydrogen) atoms. The number of hydrogen-bond acceptors (Lipinski definition) is 4. The van der Waals surface area contributed by atoms with E-state index in [1.54, 1.807) is 16.7 Å². The van der Waals surface area contributed by atoms with Gasteiger partial charge in [-0.3, -0.25) is 14.5 Å². The van der Waals surface area contributed by atoms with E-state index in [0.29, 0.717) is 26.1 Å². The number of rotatable bonds is 3. The van der Waals surface area contributed by atoms with Gasteiger partial charge in [-0.1, -0.05) is 6.92 Å². The highest BCUT2D eigenvalue weighted by molar-refractivity contribution is 5.86. The van der Waals surface area contributed by atoms with E-state index >= 15 is 0 Å². The number of nitrogens with zero attached hydrogens (tertiary/aromatic N) is 3. The Morgan fingerprint density at radius 2 is 1.91 bits per heavy atom. The van der Waals surface area contributed by atoms with Gasteiger partial charge in [0.15, 0.2) is 0 Å². The number of aliphatic hydroxyl groups excluding tert-OH is 1. The summed E-state index contributed by atoms with van der Waals surface area (Å²) in [5.41, 5.74) is 0. The summed E-state index contributed by atoms with van der Waals surface area (Å²) in [4.78, 5) is 39.8. The fourth-order valence-electron chi connectivity index (χ4n) is 3.32. The van der Waals surface area contributed by atoms with Crippen molar-refractivity contribution in [1.82, 2.24) is 14.7 Å². The molecule has 2 saturated heterocycles. The molecule has 8 heteroatoms. The van der Waals surface area contributed by atoms with E-state index in [4.69, 9.17) is 5.11 Å². The summed E-state index contributed by atoms with van der Waals surface area (Å²) >= 11 is 0. The molecule has 0 saturated carbocycles. The van der Waals surface area contributed by atoms with Crippen LogP contribution in [0.1, 0.15) is 26.7 Å². The van der Waals surface area contributed by atoms with Crippen LogP contribution in [0.4, 0.5) is 4.79 Å². The maximum Gasteiger partial charge on any atom is 0.408 e. The maximum atomic E-state index is 12.3. The molecule has 0 spiro atoms. The van der Waals surface area contributed by atoms with Crippen molar-refractivity contribution >= 4 is 17.9 Å². The van der Waals surface area contributed by atoms with Crippen molar-refractivity contribution in [3.05, 3.63) is 0 Å². The number of piperazine rings is 1. The van der Waals surface area contributed by atoms with Crippen LogP contribution in [0.15, 0.2) is 0 Å². The van der Waals surface area contributed by atoms with E-state index < -0.39 is 18.2 Å². The lowest BCUT2D eigenvalue weighted by atomic mass is 9.98. The Balaban J connectivity index is 1.85. The zero-order valence-electron chi connectivity index (χ0n) is 13.6. The van der Waals surface area contributed by atoms with Gasteiger partial charge in [0.25, 0.3) is 0 Å². The van der Waals surface area contributed by atoms with Crippen molar-refractivity contribution < 1.29 is 24.6 Å². The molecule has 0 bridgehead atoms. The van der Waals surface area contributed by atoms with E-state index in [1.807, 2.05) is 6.92 Å². The second-order valence-corrected chi connectivity index (χ2v) is 6.52. The van der Waals surface area contributed by atoms with Crippen molar-refractivity contribution in [3.8, 4) is 0 Å².